The number of hydrogen-bond acceptors (Lipinski definition) is 6. The van der Waals surface area contributed by atoms with Gasteiger partial charge in [-0.25, -0.2) is 12.8 Å². The molecule has 0 aromatic heterocycles. The summed E-state index contributed by atoms with van der Waals surface area (Å²) in [5.74, 6) is -1.87. The number of piperidine rings is 1. The van der Waals surface area contributed by atoms with Gasteiger partial charge in [0.2, 0.25) is 15.9 Å². The fraction of sp³-hybridized carbons (Fsp3) is 0.320. The summed E-state index contributed by atoms with van der Waals surface area (Å²) in [6.45, 7) is -0.175. The second-order valence-electron chi connectivity index (χ2n) is 8.88. The van der Waals surface area contributed by atoms with Crippen molar-refractivity contribution in [1.82, 2.24) is 14.5 Å². The Morgan fingerprint density at radius 1 is 1.08 bits per heavy atom. The fourth-order valence-electron chi connectivity index (χ4n) is 4.18. The molecule has 0 aliphatic carbocycles. The average molecular weight is 586 g/mol. The SMILES string of the molecule is O=C(NCCN1C(=O)S/C(=C\c2ccc(F)cc2)C1=O)C1CCN(S(=O)(=O)c2cccc(C(F)(F)F)c2)CC1. The van der Waals surface area contributed by atoms with E-state index >= 15 is 0 Å². The van der Waals surface area contributed by atoms with Gasteiger partial charge >= 0.3 is 6.18 Å². The van der Waals surface area contributed by atoms with Gasteiger partial charge < -0.3 is 5.32 Å². The lowest BCUT2D eigenvalue weighted by Crippen LogP contribution is -2.44. The van der Waals surface area contributed by atoms with E-state index < -0.39 is 49.5 Å². The molecule has 3 amide bonds. The standard InChI is InChI=1S/C25H23F4N3O5S2/c26-19-6-4-16(5-7-19)14-21-23(34)32(24(35)38-21)13-10-30-22(33)17-8-11-31(12-9-17)39(36,37)20-3-1-2-18(15-20)25(27,28)29/h1-7,14-15,17H,8-13H2,(H,30,33)/b21-14-. The number of alkyl halides is 3. The molecule has 1 N–H and O–H groups in total. The van der Waals surface area contributed by atoms with Gasteiger partial charge in [-0.2, -0.15) is 17.5 Å². The molecule has 2 aromatic rings. The molecule has 0 spiro atoms. The molecule has 208 valence electrons. The number of benzene rings is 2. The molecule has 2 aliphatic rings. The first-order chi connectivity index (χ1) is 18.4. The highest BCUT2D eigenvalue weighted by atomic mass is 32.2. The molecule has 8 nitrogen and oxygen atoms in total. The largest absolute Gasteiger partial charge is 0.416 e. The highest BCUT2D eigenvalue weighted by molar-refractivity contribution is 8.18. The van der Waals surface area contributed by atoms with E-state index in [2.05, 4.69) is 5.32 Å². The first-order valence-electron chi connectivity index (χ1n) is 11.8. The number of carbonyl (C=O) groups is 3. The van der Waals surface area contributed by atoms with Crippen molar-refractivity contribution in [2.45, 2.75) is 23.9 Å². The van der Waals surface area contributed by atoms with Crippen molar-refractivity contribution in [2.75, 3.05) is 26.2 Å². The summed E-state index contributed by atoms with van der Waals surface area (Å²) in [5, 5.41) is 2.15. The van der Waals surface area contributed by atoms with Crippen LogP contribution < -0.4 is 5.32 Å². The fourth-order valence-corrected chi connectivity index (χ4v) is 6.56. The molecule has 4 rings (SSSR count). The topological polar surface area (TPSA) is 104 Å². The van der Waals surface area contributed by atoms with Crippen LogP contribution in [0.2, 0.25) is 0 Å². The molecule has 39 heavy (non-hydrogen) atoms. The summed E-state index contributed by atoms with van der Waals surface area (Å²) < 4.78 is 78.8. The zero-order chi connectivity index (χ0) is 28.4. The Bertz CT molecular complexity index is 1400. The van der Waals surface area contributed by atoms with Gasteiger partial charge in [-0.3, -0.25) is 19.3 Å². The number of thioether (sulfide) groups is 1. The van der Waals surface area contributed by atoms with E-state index in [1.54, 1.807) is 0 Å². The van der Waals surface area contributed by atoms with Crippen LogP contribution in [0, 0.1) is 11.7 Å². The molecule has 14 heteroatoms. The number of halogens is 4. The molecule has 2 fully saturated rings. The quantitative estimate of drug-likeness (QED) is 0.388. The first-order valence-corrected chi connectivity index (χ1v) is 14.1. The molecule has 0 atom stereocenters. The van der Waals surface area contributed by atoms with Gasteiger partial charge in [0.05, 0.1) is 15.4 Å². The number of sulfonamides is 1. The highest BCUT2D eigenvalue weighted by Crippen LogP contribution is 2.33. The lowest BCUT2D eigenvalue weighted by molar-refractivity contribution is -0.137. The Morgan fingerprint density at radius 3 is 2.38 bits per heavy atom. The molecule has 2 saturated heterocycles. The van der Waals surface area contributed by atoms with Crippen molar-refractivity contribution in [1.29, 1.82) is 0 Å². The van der Waals surface area contributed by atoms with E-state index in [-0.39, 0.29) is 49.8 Å². The summed E-state index contributed by atoms with van der Waals surface area (Å²) in [6.07, 6.45) is -2.89. The normalized spacial score (nSPS) is 18.7. The number of imide groups is 1. The van der Waals surface area contributed by atoms with Gasteiger partial charge in [0.1, 0.15) is 5.82 Å². The van der Waals surface area contributed by atoms with Gasteiger partial charge in [0, 0.05) is 32.1 Å². The van der Waals surface area contributed by atoms with E-state index in [9.17, 15) is 40.4 Å². The minimum Gasteiger partial charge on any atom is -0.354 e. The lowest BCUT2D eigenvalue weighted by atomic mass is 9.97. The van der Waals surface area contributed by atoms with Crippen molar-refractivity contribution in [3.05, 3.63) is 70.4 Å². The van der Waals surface area contributed by atoms with E-state index in [1.165, 1.54) is 30.3 Å². The Balaban J connectivity index is 1.27. The van der Waals surface area contributed by atoms with Gasteiger partial charge in [0.25, 0.3) is 11.1 Å². The van der Waals surface area contributed by atoms with Crippen LogP contribution in [-0.2, 0) is 25.8 Å². The summed E-state index contributed by atoms with van der Waals surface area (Å²) in [7, 11) is -4.17. The van der Waals surface area contributed by atoms with Crippen LogP contribution in [0.25, 0.3) is 6.08 Å². The maximum Gasteiger partial charge on any atom is 0.416 e. The Hall–Kier alpha value is -3.23. The Kier molecular flexibility index (Phi) is 8.47. The molecular weight excluding hydrogens is 562 g/mol. The second kappa shape index (κ2) is 11.5. The predicted molar refractivity (Wildman–Crippen MR) is 135 cm³/mol. The molecule has 2 aromatic carbocycles. The number of nitrogens with one attached hydrogen (secondary N) is 1. The summed E-state index contributed by atoms with van der Waals surface area (Å²) >= 11 is 0.738. The monoisotopic (exact) mass is 585 g/mol. The molecule has 2 heterocycles. The Labute approximate surface area is 226 Å². The molecule has 2 aliphatic heterocycles. The van der Waals surface area contributed by atoms with Gasteiger partial charge in [-0.15, -0.1) is 0 Å². The summed E-state index contributed by atoms with van der Waals surface area (Å²) in [6, 6.07) is 8.93. The molecule has 0 saturated carbocycles. The summed E-state index contributed by atoms with van der Waals surface area (Å²) in [4.78, 5) is 38.2. The van der Waals surface area contributed by atoms with Gasteiger partial charge in [-0.1, -0.05) is 18.2 Å². The predicted octanol–water partition coefficient (Wildman–Crippen LogP) is 4.10. The van der Waals surface area contributed by atoms with Crippen molar-refractivity contribution in [3.63, 3.8) is 0 Å². The first kappa shape index (κ1) is 28.8. The third-order valence-electron chi connectivity index (χ3n) is 6.30. The highest BCUT2D eigenvalue weighted by Gasteiger charge is 2.36. The lowest BCUT2D eigenvalue weighted by Gasteiger charge is -2.30. The maximum absolute atomic E-state index is 13.1. The van der Waals surface area contributed by atoms with Crippen molar-refractivity contribution >= 4 is 44.9 Å². The zero-order valence-corrected chi connectivity index (χ0v) is 21.9. The van der Waals surface area contributed by atoms with E-state index in [0.29, 0.717) is 11.6 Å². The molecule has 0 radical (unpaired) electrons. The number of carbonyl (C=O) groups excluding carboxylic acids is 3. The van der Waals surface area contributed by atoms with Crippen molar-refractivity contribution in [2.24, 2.45) is 5.92 Å². The van der Waals surface area contributed by atoms with Gasteiger partial charge in [0.15, 0.2) is 0 Å². The zero-order valence-electron chi connectivity index (χ0n) is 20.3. The second-order valence-corrected chi connectivity index (χ2v) is 11.8. The van der Waals surface area contributed by atoms with E-state index in [0.717, 1.165) is 39.2 Å². The third kappa shape index (κ3) is 6.68. The van der Waals surface area contributed by atoms with Crippen LogP contribution in [0.5, 0.6) is 0 Å². The number of nitrogens with zero attached hydrogens (tertiary/aromatic N) is 2. The molecular formula is C25H23F4N3O5S2. The van der Waals surface area contributed by atoms with Crippen LogP contribution in [-0.4, -0.2) is 60.9 Å². The maximum atomic E-state index is 13.1. The van der Waals surface area contributed by atoms with Crippen LogP contribution in [0.15, 0.2) is 58.3 Å². The Morgan fingerprint density at radius 2 is 1.74 bits per heavy atom. The van der Waals surface area contributed by atoms with Crippen LogP contribution in [0.4, 0.5) is 22.4 Å². The van der Waals surface area contributed by atoms with Crippen LogP contribution in [0.3, 0.4) is 0 Å². The van der Waals surface area contributed by atoms with E-state index in [4.69, 9.17) is 0 Å². The summed E-state index contributed by atoms with van der Waals surface area (Å²) in [5.41, 5.74) is -0.513. The van der Waals surface area contributed by atoms with Crippen LogP contribution in [0.1, 0.15) is 24.0 Å². The third-order valence-corrected chi connectivity index (χ3v) is 9.10. The van der Waals surface area contributed by atoms with Crippen molar-refractivity contribution in [3.8, 4) is 0 Å². The smallest absolute Gasteiger partial charge is 0.354 e. The molecule has 0 bridgehead atoms. The average Bonchev–Trinajstić information content (AvgIpc) is 3.17. The molecule has 0 unspecified atom stereocenters. The minimum absolute atomic E-state index is 0.0105. The van der Waals surface area contributed by atoms with E-state index in [1.807, 2.05) is 0 Å². The number of hydrogen-bond donors (Lipinski definition) is 1. The van der Waals surface area contributed by atoms with Crippen molar-refractivity contribution < 1.29 is 40.4 Å². The van der Waals surface area contributed by atoms with Gasteiger partial charge in [-0.05, 0) is 66.6 Å². The van der Waals surface area contributed by atoms with Crippen LogP contribution >= 0.6 is 11.8 Å². The number of rotatable bonds is 7. The number of amides is 3. The minimum atomic E-state index is -4.68.